The van der Waals surface area contributed by atoms with Crippen molar-refractivity contribution in [2.24, 2.45) is 7.05 Å². The van der Waals surface area contributed by atoms with Gasteiger partial charge in [-0.15, -0.1) is 0 Å². The number of hydrogen-bond acceptors (Lipinski definition) is 6. The van der Waals surface area contributed by atoms with E-state index in [2.05, 4.69) is 27.2 Å². The van der Waals surface area contributed by atoms with Crippen molar-refractivity contribution in [3.63, 3.8) is 0 Å². The lowest BCUT2D eigenvalue weighted by Gasteiger charge is -2.43. The lowest BCUT2D eigenvalue weighted by atomic mass is 9.83. The van der Waals surface area contributed by atoms with Gasteiger partial charge in [0.2, 0.25) is 0 Å². The highest BCUT2D eigenvalue weighted by atomic mass is 16.5. The first-order valence-corrected chi connectivity index (χ1v) is 10.5. The number of hydrogen-bond donors (Lipinski definition) is 0. The average Bonchev–Trinajstić information content (AvgIpc) is 3.15. The minimum Gasteiger partial charge on any atom is -0.484 e. The number of benzene rings is 1. The summed E-state index contributed by atoms with van der Waals surface area (Å²) in [5.41, 5.74) is 3.77. The number of piperidine rings is 1. The van der Waals surface area contributed by atoms with Gasteiger partial charge < -0.3 is 4.74 Å². The Bertz CT molecular complexity index is 1170. The van der Waals surface area contributed by atoms with Crippen molar-refractivity contribution >= 4 is 5.78 Å². The molecule has 0 radical (unpaired) electrons. The van der Waals surface area contributed by atoms with Gasteiger partial charge in [-0.2, -0.15) is 10.4 Å². The summed E-state index contributed by atoms with van der Waals surface area (Å²) in [6.07, 6.45) is 5.70. The second kappa shape index (κ2) is 7.64. The Hall–Kier alpha value is -3.50. The average molecular weight is 413 g/mol. The second-order valence-electron chi connectivity index (χ2n) is 8.38. The first-order chi connectivity index (χ1) is 15.0. The van der Waals surface area contributed by atoms with E-state index in [1.54, 1.807) is 6.20 Å². The third-order valence-electron chi connectivity index (χ3n) is 6.20. The Kier molecular flexibility index (Phi) is 4.79. The number of ether oxygens (including phenoxy) is 1. The predicted molar refractivity (Wildman–Crippen MR) is 114 cm³/mol. The molecule has 1 aromatic carbocycles. The molecule has 2 aliphatic heterocycles. The first-order valence-electron chi connectivity index (χ1n) is 10.5. The van der Waals surface area contributed by atoms with Crippen molar-refractivity contribution in [2.45, 2.75) is 31.4 Å². The van der Waals surface area contributed by atoms with Crippen LogP contribution in [-0.4, -0.2) is 44.1 Å². The van der Waals surface area contributed by atoms with E-state index in [4.69, 9.17) is 10.00 Å². The first kappa shape index (κ1) is 19.5. The number of aryl methyl sites for hydroxylation is 1. The lowest BCUT2D eigenvalue weighted by Crippen LogP contribution is -2.50. The van der Waals surface area contributed by atoms with Gasteiger partial charge >= 0.3 is 0 Å². The van der Waals surface area contributed by atoms with Crippen LogP contribution in [-0.2, 0) is 13.6 Å². The number of carbonyl (C=O) groups is 1. The molecule has 2 aromatic heterocycles. The van der Waals surface area contributed by atoms with Crippen LogP contribution in [0.1, 0.15) is 40.9 Å². The smallest absolute Gasteiger partial charge is 0.188 e. The standard InChI is InChI=1S/C24H23N5O2/c1-28-15-19(22(27-28)18-6-4-17(14-25)5-7-18)16-29-11-8-24(9-12-29)13-20(30)23-21(31-24)3-2-10-26-23/h2-7,10,15H,8-9,11-13,16H2,1H3. The normalized spacial score (nSPS) is 17.7. The Morgan fingerprint density at radius 3 is 2.68 bits per heavy atom. The molecule has 156 valence electrons. The molecule has 5 rings (SSSR count). The third kappa shape index (κ3) is 3.71. The van der Waals surface area contributed by atoms with E-state index in [0.29, 0.717) is 23.4 Å². The molecule has 4 heterocycles. The van der Waals surface area contributed by atoms with Gasteiger partial charge in [0.1, 0.15) is 17.0 Å². The largest absolute Gasteiger partial charge is 0.484 e. The number of carbonyl (C=O) groups excluding carboxylic acids is 1. The van der Waals surface area contributed by atoms with Crippen molar-refractivity contribution in [1.29, 1.82) is 5.26 Å². The third-order valence-corrected chi connectivity index (χ3v) is 6.20. The fourth-order valence-electron chi connectivity index (χ4n) is 4.57. The molecular weight excluding hydrogens is 390 g/mol. The van der Waals surface area contributed by atoms with Crippen LogP contribution in [0.25, 0.3) is 11.3 Å². The topological polar surface area (TPSA) is 84.0 Å². The van der Waals surface area contributed by atoms with Crippen molar-refractivity contribution in [2.75, 3.05) is 13.1 Å². The maximum Gasteiger partial charge on any atom is 0.188 e. The molecule has 31 heavy (non-hydrogen) atoms. The van der Waals surface area contributed by atoms with Gasteiger partial charge in [-0.05, 0) is 24.3 Å². The molecule has 7 nitrogen and oxygen atoms in total. The van der Waals surface area contributed by atoms with Gasteiger partial charge in [-0.25, -0.2) is 4.98 Å². The minimum atomic E-state index is -0.422. The molecular formula is C24H23N5O2. The predicted octanol–water partition coefficient (Wildman–Crippen LogP) is 3.35. The Labute approximate surface area is 180 Å². The van der Waals surface area contributed by atoms with Gasteiger partial charge in [0.15, 0.2) is 5.78 Å². The van der Waals surface area contributed by atoms with Crippen LogP contribution in [0.5, 0.6) is 5.75 Å². The van der Waals surface area contributed by atoms with Crippen molar-refractivity contribution in [3.8, 4) is 23.1 Å². The summed E-state index contributed by atoms with van der Waals surface area (Å²) in [5.74, 6) is 0.688. The number of nitriles is 1. The highest BCUT2D eigenvalue weighted by molar-refractivity contribution is 5.98. The van der Waals surface area contributed by atoms with E-state index in [0.717, 1.165) is 49.3 Å². The van der Waals surface area contributed by atoms with Crippen LogP contribution in [0.3, 0.4) is 0 Å². The van der Waals surface area contributed by atoms with Crippen LogP contribution in [0.2, 0.25) is 0 Å². The van der Waals surface area contributed by atoms with E-state index in [9.17, 15) is 4.79 Å². The van der Waals surface area contributed by atoms with Gasteiger partial charge in [-0.1, -0.05) is 12.1 Å². The zero-order valence-electron chi connectivity index (χ0n) is 17.4. The quantitative estimate of drug-likeness (QED) is 0.655. The van der Waals surface area contributed by atoms with E-state index < -0.39 is 5.60 Å². The Morgan fingerprint density at radius 1 is 1.16 bits per heavy atom. The van der Waals surface area contributed by atoms with E-state index in [1.807, 2.05) is 48.1 Å². The molecule has 0 unspecified atom stereocenters. The summed E-state index contributed by atoms with van der Waals surface area (Å²) in [6.45, 7) is 2.49. The maximum atomic E-state index is 12.6. The molecule has 7 heteroatoms. The minimum absolute atomic E-state index is 0.0747. The highest BCUT2D eigenvalue weighted by Crippen LogP contribution is 2.38. The monoisotopic (exact) mass is 413 g/mol. The van der Waals surface area contributed by atoms with Crippen molar-refractivity contribution in [3.05, 3.63) is 65.6 Å². The van der Waals surface area contributed by atoms with E-state index in [1.165, 1.54) is 0 Å². The molecule has 2 aliphatic rings. The van der Waals surface area contributed by atoms with Crippen LogP contribution < -0.4 is 4.74 Å². The second-order valence-corrected chi connectivity index (χ2v) is 8.38. The molecule has 1 saturated heterocycles. The molecule has 1 spiro atoms. The zero-order chi connectivity index (χ0) is 21.4. The van der Waals surface area contributed by atoms with E-state index in [-0.39, 0.29) is 5.78 Å². The number of Topliss-reactive ketones (excluding diaryl/α,β-unsaturated/α-hetero) is 1. The van der Waals surface area contributed by atoms with Gasteiger partial charge in [0, 0.05) is 63.0 Å². The summed E-state index contributed by atoms with van der Waals surface area (Å²) in [7, 11) is 1.93. The summed E-state index contributed by atoms with van der Waals surface area (Å²) in [5, 5.41) is 13.7. The number of rotatable bonds is 3. The van der Waals surface area contributed by atoms with Gasteiger partial charge in [-0.3, -0.25) is 14.4 Å². The fourth-order valence-corrected chi connectivity index (χ4v) is 4.57. The number of nitrogens with zero attached hydrogens (tertiary/aromatic N) is 5. The zero-order valence-corrected chi connectivity index (χ0v) is 17.4. The summed E-state index contributed by atoms with van der Waals surface area (Å²) in [4.78, 5) is 19.2. The molecule has 0 aliphatic carbocycles. The number of ketones is 1. The number of fused-ring (bicyclic) bond motifs is 1. The van der Waals surface area contributed by atoms with Crippen LogP contribution in [0, 0.1) is 11.3 Å². The molecule has 0 bridgehead atoms. The number of likely N-dealkylation sites (tertiary alicyclic amines) is 1. The van der Waals surface area contributed by atoms with Gasteiger partial charge in [0.25, 0.3) is 0 Å². The highest BCUT2D eigenvalue weighted by Gasteiger charge is 2.43. The molecule has 0 atom stereocenters. The van der Waals surface area contributed by atoms with Crippen molar-refractivity contribution < 1.29 is 9.53 Å². The Balaban J connectivity index is 1.30. The molecule has 1 fully saturated rings. The summed E-state index contributed by atoms with van der Waals surface area (Å²) >= 11 is 0. The molecule has 0 saturated carbocycles. The SMILES string of the molecule is Cn1cc(CN2CCC3(CC2)CC(=O)c2ncccc2O3)c(-c2ccc(C#N)cc2)n1. The summed E-state index contributed by atoms with van der Waals surface area (Å²) < 4.78 is 8.13. The maximum absolute atomic E-state index is 12.6. The molecule has 3 aromatic rings. The lowest BCUT2D eigenvalue weighted by molar-refractivity contribution is -0.0114. The van der Waals surface area contributed by atoms with Gasteiger partial charge in [0.05, 0.1) is 23.7 Å². The number of pyridine rings is 1. The Morgan fingerprint density at radius 2 is 1.94 bits per heavy atom. The van der Waals surface area contributed by atoms with Crippen LogP contribution in [0.15, 0.2) is 48.8 Å². The van der Waals surface area contributed by atoms with Crippen LogP contribution >= 0.6 is 0 Å². The van der Waals surface area contributed by atoms with E-state index >= 15 is 0 Å². The molecule has 0 N–H and O–H groups in total. The van der Waals surface area contributed by atoms with Crippen molar-refractivity contribution in [1.82, 2.24) is 19.7 Å². The molecule has 0 amide bonds. The summed E-state index contributed by atoms with van der Waals surface area (Å²) in [6, 6.07) is 13.3. The van der Waals surface area contributed by atoms with Crippen LogP contribution in [0.4, 0.5) is 0 Å². The fraction of sp³-hybridized carbons (Fsp3) is 0.333. The number of aromatic nitrogens is 3.